The molecule has 0 spiro atoms. The van der Waals surface area contributed by atoms with Gasteiger partial charge in [-0.3, -0.25) is 9.69 Å². The van der Waals surface area contributed by atoms with Crippen LogP contribution in [0.3, 0.4) is 0 Å². The normalized spacial score (nSPS) is 27.1. The number of ether oxygens (including phenoxy) is 1. The third-order valence-corrected chi connectivity index (χ3v) is 4.73. The Morgan fingerprint density at radius 1 is 1.36 bits per heavy atom. The van der Waals surface area contributed by atoms with Gasteiger partial charge in [-0.15, -0.1) is 0 Å². The fourth-order valence-corrected chi connectivity index (χ4v) is 3.47. The average Bonchev–Trinajstić information content (AvgIpc) is 2.96. The highest BCUT2D eigenvalue weighted by Gasteiger charge is 2.38. The van der Waals surface area contributed by atoms with Gasteiger partial charge >= 0.3 is 6.18 Å². The van der Waals surface area contributed by atoms with Crippen molar-refractivity contribution in [3.05, 3.63) is 35.4 Å². The standard InChI is InChI=1S/C17H21F3N2O3/c18-17(19,20)12-3-1-2-11(6-12)16(24)21-13-7-14-10-25-15(4-5-23)9-22(14)8-13/h1-3,6,13-15,23H,4-5,7-10H2,(H,21,24)/t13-,14+,15+/m1/s1. The van der Waals surface area contributed by atoms with E-state index in [0.717, 1.165) is 12.1 Å². The van der Waals surface area contributed by atoms with E-state index in [1.165, 1.54) is 12.1 Å². The van der Waals surface area contributed by atoms with Gasteiger partial charge in [-0.2, -0.15) is 13.2 Å². The molecule has 0 aromatic heterocycles. The Morgan fingerprint density at radius 2 is 2.16 bits per heavy atom. The van der Waals surface area contributed by atoms with E-state index >= 15 is 0 Å². The van der Waals surface area contributed by atoms with Gasteiger partial charge in [0.2, 0.25) is 0 Å². The molecule has 1 amide bonds. The number of amides is 1. The Morgan fingerprint density at radius 3 is 2.88 bits per heavy atom. The molecule has 2 saturated heterocycles. The lowest BCUT2D eigenvalue weighted by molar-refractivity contribution is -0.137. The highest BCUT2D eigenvalue weighted by atomic mass is 19.4. The first-order valence-corrected chi connectivity index (χ1v) is 8.31. The molecule has 138 valence electrons. The molecule has 0 aliphatic carbocycles. The molecule has 0 saturated carbocycles. The summed E-state index contributed by atoms with van der Waals surface area (Å²) in [5, 5.41) is 11.8. The van der Waals surface area contributed by atoms with Crippen molar-refractivity contribution in [1.29, 1.82) is 0 Å². The van der Waals surface area contributed by atoms with Crippen LogP contribution in [-0.4, -0.2) is 60.4 Å². The summed E-state index contributed by atoms with van der Waals surface area (Å²) in [5.41, 5.74) is -0.821. The Labute approximate surface area is 143 Å². The van der Waals surface area contributed by atoms with Gasteiger partial charge in [0.25, 0.3) is 5.91 Å². The van der Waals surface area contributed by atoms with E-state index in [2.05, 4.69) is 10.2 Å². The van der Waals surface area contributed by atoms with Crippen molar-refractivity contribution >= 4 is 5.91 Å². The van der Waals surface area contributed by atoms with Crippen LogP contribution < -0.4 is 5.32 Å². The maximum atomic E-state index is 12.8. The van der Waals surface area contributed by atoms with Crippen LogP contribution in [0.25, 0.3) is 0 Å². The molecule has 8 heteroatoms. The molecule has 25 heavy (non-hydrogen) atoms. The molecule has 0 bridgehead atoms. The smallest absolute Gasteiger partial charge is 0.396 e. The Hall–Kier alpha value is -1.64. The van der Waals surface area contributed by atoms with Crippen molar-refractivity contribution in [2.75, 3.05) is 26.3 Å². The molecule has 1 aromatic carbocycles. The largest absolute Gasteiger partial charge is 0.416 e. The van der Waals surface area contributed by atoms with E-state index in [9.17, 15) is 18.0 Å². The van der Waals surface area contributed by atoms with E-state index in [1.807, 2.05) is 0 Å². The lowest BCUT2D eigenvalue weighted by atomic mass is 10.1. The molecule has 2 aliphatic heterocycles. The fraction of sp³-hybridized carbons (Fsp3) is 0.588. The average molecular weight is 358 g/mol. The number of hydrogen-bond acceptors (Lipinski definition) is 4. The van der Waals surface area contributed by atoms with E-state index < -0.39 is 17.6 Å². The van der Waals surface area contributed by atoms with Gasteiger partial charge in [0.05, 0.1) is 18.3 Å². The molecule has 1 aromatic rings. The highest BCUT2D eigenvalue weighted by molar-refractivity contribution is 5.94. The number of carbonyl (C=O) groups excluding carboxylic acids is 1. The number of halogens is 3. The third kappa shape index (κ3) is 4.31. The number of aliphatic hydroxyl groups excluding tert-OH is 1. The number of morpholine rings is 1. The fourth-order valence-electron chi connectivity index (χ4n) is 3.47. The molecule has 0 radical (unpaired) electrons. The SMILES string of the molecule is O=C(N[C@@H]1C[C@H]2CO[C@@H](CCO)CN2C1)c1cccc(C(F)(F)F)c1. The lowest BCUT2D eigenvalue weighted by Gasteiger charge is -2.34. The zero-order valence-corrected chi connectivity index (χ0v) is 13.6. The van der Waals surface area contributed by atoms with Crippen molar-refractivity contribution in [2.45, 2.75) is 37.2 Å². The van der Waals surface area contributed by atoms with E-state index in [-0.39, 0.29) is 30.4 Å². The predicted molar refractivity (Wildman–Crippen MR) is 84.1 cm³/mol. The topological polar surface area (TPSA) is 61.8 Å². The molecular weight excluding hydrogens is 337 g/mol. The number of alkyl halides is 3. The third-order valence-electron chi connectivity index (χ3n) is 4.73. The first kappa shape index (κ1) is 18.2. The molecule has 2 N–H and O–H groups in total. The quantitative estimate of drug-likeness (QED) is 0.859. The van der Waals surface area contributed by atoms with E-state index in [4.69, 9.17) is 9.84 Å². The van der Waals surface area contributed by atoms with Crippen molar-refractivity contribution in [3.8, 4) is 0 Å². The second-order valence-corrected chi connectivity index (χ2v) is 6.56. The molecule has 2 heterocycles. The zero-order chi connectivity index (χ0) is 18.0. The van der Waals surface area contributed by atoms with Crippen molar-refractivity contribution in [1.82, 2.24) is 10.2 Å². The van der Waals surface area contributed by atoms with Gasteiger partial charge < -0.3 is 15.2 Å². The second kappa shape index (κ2) is 7.31. The first-order chi connectivity index (χ1) is 11.9. The van der Waals surface area contributed by atoms with Gasteiger partial charge in [-0.05, 0) is 31.0 Å². The van der Waals surface area contributed by atoms with Crippen molar-refractivity contribution in [3.63, 3.8) is 0 Å². The number of benzene rings is 1. The van der Waals surface area contributed by atoms with Gasteiger partial charge in [-0.1, -0.05) is 6.07 Å². The van der Waals surface area contributed by atoms with Gasteiger partial charge in [0.15, 0.2) is 0 Å². The van der Waals surface area contributed by atoms with Crippen LogP contribution in [0.4, 0.5) is 13.2 Å². The number of hydrogen-bond donors (Lipinski definition) is 2. The summed E-state index contributed by atoms with van der Waals surface area (Å²) in [4.78, 5) is 14.5. The molecule has 0 unspecified atom stereocenters. The van der Waals surface area contributed by atoms with Crippen LogP contribution in [0.1, 0.15) is 28.8 Å². The molecule has 3 rings (SSSR count). The summed E-state index contributed by atoms with van der Waals surface area (Å²) in [6.45, 7) is 1.95. The summed E-state index contributed by atoms with van der Waals surface area (Å²) in [6.07, 6.45) is -3.20. The summed E-state index contributed by atoms with van der Waals surface area (Å²) in [7, 11) is 0. The minimum absolute atomic E-state index is 0.00843. The van der Waals surface area contributed by atoms with Crippen LogP contribution >= 0.6 is 0 Å². The summed E-state index contributed by atoms with van der Waals surface area (Å²) >= 11 is 0. The minimum Gasteiger partial charge on any atom is -0.396 e. The Balaban J connectivity index is 1.59. The zero-order valence-electron chi connectivity index (χ0n) is 13.6. The number of fused-ring (bicyclic) bond motifs is 1. The number of nitrogens with zero attached hydrogens (tertiary/aromatic N) is 1. The molecular formula is C17H21F3N2O3. The summed E-state index contributed by atoms with van der Waals surface area (Å²) < 4.78 is 44.0. The monoisotopic (exact) mass is 358 g/mol. The number of carbonyl (C=O) groups is 1. The first-order valence-electron chi connectivity index (χ1n) is 8.31. The van der Waals surface area contributed by atoms with Crippen LogP contribution in [0, 0.1) is 0 Å². The van der Waals surface area contributed by atoms with Gasteiger partial charge in [0.1, 0.15) is 0 Å². The maximum absolute atomic E-state index is 12.8. The van der Waals surface area contributed by atoms with Gasteiger partial charge in [0, 0.05) is 37.3 Å². The Kier molecular flexibility index (Phi) is 5.31. The second-order valence-electron chi connectivity index (χ2n) is 6.56. The van der Waals surface area contributed by atoms with Crippen molar-refractivity contribution < 1.29 is 27.8 Å². The number of aliphatic hydroxyl groups is 1. The van der Waals surface area contributed by atoms with Crippen molar-refractivity contribution in [2.24, 2.45) is 0 Å². The predicted octanol–water partition coefficient (Wildman–Crippen LogP) is 1.66. The summed E-state index contributed by atoms with van der Waals surface area (Å²) in [5.74, 6) is -0.497. The van der Waals surface area contributed by atoms with E-state index in [1.54, 1.807) is 0 Å². The minimum atomic E-state index is -4.47. The molecule has 5 nitrogen and oxygen atoms in total. The van der Waals surface area contributed by atoms with Crippen LogP contribution in [-0.2, 0) is 10.9 Å². The molecule has 3 atom stereocenters. The highest BCUT2D eigenvalue weighted by Crippen LogP contribution is 2.30. The van der Waals surface area contributed by atoms with Crippen LogP contribution in [0.5, 0.6) is 0 Å². The number of rotatable bonds is 4. The lowest BCUT2D eigenvalue weighted by Crippen LogP contribution is -2.46. The Bertz CT molecular complexity index is 623. The van der Waals surface area contributed by atoms with Gasteiger partial charge in [-0.25, -0.2) is 0 Å². The van der Waals surface area contributed by atoms with Crippen LogP contribution in [0.15, 0.2) is 24.3 Å². The molecule has 2 aliphatic rings. The maximum Gasteiger partial charge on any atom is 0.416 e. The van der Waals surface area contributed by atoms with E-state index in [0.29, 0.717) is 32.5 Å². The van der Waals surface area contributed by atoms with Crippen LogP contribution in [0.2, 0.25) is 0 Å². The number of nitrogens with one attached hydrogen (secondary N) is 1. The summed E-state index contributed by atoms with van der Waals surface area (Å²) in [6, 6.07) is 4.52. The molecule has 2 fully saturated rings.